The summed E-state index contributed by atoms with van der Waals surface area (Å²) >= 11 is 0. The monoisotopic (exact) mass is 193 g/mol. The Morgan fingerprint density at radius 2 is 2.50 bits per heavy atom. The molecule has 0 aromatic carbocycles. The summed E-state index contributed by atoms with van der Waals surface area (Å²) in [6.45, 7) is 2.16. The molecule has 0 N–H and O–H groups in total. The Morgan fingerprint density at radius 3 is 3.14 bits per heavy atom. The molecule has 1 fully saturated rings. The average molecular weight is 193 g/mol. The number of carbonyl (C=O) groups excluding carboxylic acids is 1. The summed E-state index contributed by atoms with van der Waals surface area (Å²) in [6.07, 6.45) is 1.01. The van der Waals surface area contributed by atoms with Gasteiger partial charge >= 0.3 is 5.97 Å². The van der Waals surface area contributed by atoms with Crippen LogP contribution in [0.15, 0.2) is 24.4 Å². The van der Waals surface area contributed by atoms with E-state index in [0.717, 1.165) is 5.69 Å². The minimum absolute atomic E-state index is 0.213. The van der Waals surface area contributed by atoms with Gasteiger partial charge in [0.15, 0.2) is 6.10 Å². The molecule has 0 aliphatic carbocycles. The van der Waals surface area contributed by atoms with Gasteiger partial charge in [-0.3, -0.25) is 4.98 Å². The van der Waals surface area contributed by atoms with Crippen LogP contribution in [0.1, 0.15) is 18.7 Å². The van der Waals surface area contributed by atoms with E-state index in [9.17, 15) is 4.79 Å². The molecule has 2 atom stereocenters. The van der Waals surface area contributed by atoms with Crippen LogP contribution in [0, 0.1) is 0 Å². The summed E-state index contributed by atoms with van der Waals surface area (Å²) < 4.78 is 10.0. The highest BCUT2D eigenvalue weighted by Gasteiger charge is 2.48. The number of carbonyl (C=O) groups is 1. The lowest BCUT2D eigenvalue weighted by molar-refractivity contribution is -0.144. The number of ether oxygens (including phenoxy) is 2. The molecule has 2 heterocycles. The number of aromatic nitrogens is 1. The number of nitrogens with zero attached hydrogens (tertiary/aromatic N) is 1. The Hall–Kier alpha value is -1.42. The van der Waals surface area contributed by atoms with Crippen LogP contribution < -0.4 is 0 Å². The summed E-state index contributed by atoms with van der Waals surface area (Å²) in [4.78, 5) is 15.3. The lowest BCUT2D eigenvalue weighted by atomic mass is 10.2. The Kier molecular flexibility index (Phi) is 2.45. The van der Waals surface area contributed by atoms with Crippen molar-refractivity contribution < 1.29 is 14.3 Å². The Morgan fingerprint density at radius 1 is 1.64 bits per heavy atom. The molecular weight excluding hydrogens is 182 g/mol. The molecule has 1 aliphatic rings. The number of esters is 1. The van der Waals surface area contributed by atoms with Crippen LogP contribution in [0.25, 0.3) is 0 Å². The van der Waals surface area contributed by atoms with Crippen LogP contribution >= 0.6 is 0 Å². The fourth-order valence-electron chi connectivity index (χ4n) is 1.29. The van der Waals surface area contributed by atoms with Gasteiger partial charge in [0.1, 0.15) is 6.10 Å². The van der Waals surface area contributed by atoms with E-state index >= 15 is 0 Å². The standard InChI is InChI=1S/C10H11NO3/c1-2-13-10(12)9-8(14-9)7-5-3-4-6-11-7/h3-6,8-9H,2H2,1H3. The van der Waals surface area contributed by atoms with Gasteiger partial charge in [0.2, 0.25) is 0 Å². The van der Waals surface area contributed by atoms with Gasteiger partial charge in [-0.25, -0.2) is 4.79 Å². The predicted octanol–water partition coefficient (Wildman–Crippen LogP) is 1.08. The minimum atomic E-state index is -0.454. The second kappa shape index (κ2) is 3.75. The van der Waals surface area contributed by atoms with E-state index in [1.807, 2.05) is 18.2 Å². The van der Waals surface area contributed by atoms with Crippen molar-refractivity contribution in [1.82, 2.24) is 4.98 Å². The van der Waals surface area contributed by atoms with Crippen molar-refractivity contribution in [3.63, 3.8) is 0 Å². The number of epoxide rings is 1. The van der Waals surface area contributed by atoms with Crippen LogP contribution in [0.5, 0.6) is 0 Å². The fraction of sp³-hybridized carbons (Fsp3) is 0.400. The molecule has 0 radical (unpaired) electrons. The molecule has 1 saturated heterocycles. The third-order valence-electron chi connectivity index (χ3n) is 1.99. The van der Waals surface area contributed by atoms with Crippen molar-refractivity contribution in [2.75, 3.05) is 6.61 Å². The van der Waals surface area contributed by atoms with E-state index in [0.29, 0.717) is 6.61 Å². The van der Waals surface area contributed by atoms with Crippen molar-refractivity contribution in [2.24, 2.45) is 0 Å². The number of hydrogen-bond acceptors (Lipinski definition) is 4. The zero-order valence-electron chi connectivity index (χ0n) is 7.84. The molecule has 4 heteroatoms. The molecular formula is C10H11NO3. The summed E-state index contributed by atoms with van der Waals surface area (Å²) in [5, 5.41) is 0. The van der Waals surface area contributed by atoms with Crippen molar-refractivity contribution in [3.8, 4) is 0 Å². The maximum Gasteiger partial charge on any atom is 0.338 e. The van der Waals surface area contributed by atoms with Gasteiger partial charge in [0, 0.05) is 6.20 Å². The summed E-state index contributed by atoms with van der Waals surface area (Å²) in [5.41, 5.74) is 0.783. The van der Waals surface area contributed by atoms with Gasteiger partial charge in [-0.15, -0.1) is 0 Å². The van der Waals surface area contributed by atoms with E-state index in [4.69, 9.17) is 9.47 Å². The first-order chi connectivity index (χ1) is 6.83. The molecule has 0 amide bonds. The Balaban J connectivity index is 1.96. The number of pyridine rings is 1. The Bertz CT molecular complexity index is 325. The van der Waals surface area contributed by atoms with Crippen molar-refractivity contribution in [2.45, 2.75) is 19.1 Å². The van der Waals surface area contributed by atoms with E-state index in [-0.39, 0.29) is 12.1 Å². The summed E-state index contributed by atoms with van der Waals surface area (Å²) in [5.74, 6) is -0.303. The van der Waals surface area contributed by atoms with Gasteiger partial charge < -0.3 is 9.47 Å². The first kappa shape index (κ1) is 9.15. The van der Waals surface area contributed by atoms with E-state index in [2.05, 4.69) is 4.98 Å². The molecule has 0 spiro atoms. The smallest absolute Gasteiger partial charge is 0.338 e. The topological polar surface area (TPSA) is 51.7 Å². The third kappa shape index (κ3) is 1.75. The number of rotatable bonds is 3. The van der Waals surface area contributed by atoms with Gasteiger partial charge in [-0.05, 0) is 19.1 Å². The normalized spacial score (nSPS) is 24.4. The molecule has 0 saturated carbocycles. The first-order valence-electron chi connectivity index (χ1n) is 4.56. The average Bonchev–Trinajstić information content (AvgIpc) is 2.99. The molecule has 1 aliphatic heterocycles. The Labute approximate surface area is 81.9 Å². The van der Waals surface area contributed by atoms with Gasteiger partial charge in [-0.1, -0.05) is 6.07 Å². The zero-order valence-corrected chi connectivity index (χ0v) is 7.84. The van der Waals surface area contributed by atoms with Crippen molar-refractivity contribution in [3.05, 3.63) is 30.1 Å². The molecule has 14 heavy (non-hydrogen) atoms. The lowest BCUT2D eigenvalue weighted by Gasteiger charge is -1.96. The predicted molar refractivity (Wildman–Crippen MR) is 48.5 cm³/mol. The van der Waals surface area contributed by atoms with E-state index in [1.54, 1.807) is 13.1 Å². The summed E-state index contributed by atoms with van der Waals surface area (Å²) in [7, 11) is 0. The molecule has 0 bridgehead atoms. The SMILES string of the molecule is CCOC(=O)C1OC1c1ccccn1. The highest BCUT2D eigenvalue weighted by Crippen LogP contribution is 2.38. The molecule has 1 aromatic heterocycles. The molecule has 1 aromatic rings. The van der Waals surface area contributed by atoms with E-state index in [1.165, 1.54) is 0 Å². The van der Waals surface area contributed by atoms with Crippen molar-refractivity contribution >= 4 is 5.97 Å². The maximum atomic E-state index is 11.2. The van der Waals surface area contributed by atoms with Gasteiger partial charge in [0.25, 0.3) is 0 Å². The van der Waals surface area contributed by atoms with Crippen LogP contribution in [0.4, 0.5) is 0 Å². The van der Waals surface area contributed by atoms with E-state index < -0.39 is 6.10 Å². The molecule has 2 unspecified atom stereocenters. The quantitative estimate of drug-likeness (QED) is 0.532. The third-order valence-corrected chi connectivity index (χ3v) is 1.99. The van der Waals surface area contributed by atoms with Crippen LogP contribution in [0.2, 0.25) is 0 Å². The molecule has 4 nitrogen and oxygen atoms in total. The van der Waals surface area contributed by atoms with Gasteiger partial charge in [-0.2, -0.15) is 0 Å². The highest BCUT2D eigenvalue weighted by molar-refractivity contribution is 5.78. The van der Waals surface area contributed by atoms with Crippen LogP contribution in [-0.4, -0.2) is 23.7 Å². The highest BCUT2D eigenvalue weighted by atomic mass is 16.6. The molecule has 2 rings (SSSR count). The first-order valence-corrected chi connectivity index (χ1v) is 4.56. The maximum absolute atomic E-state index is 11.2. The second-order valence-corrected chi connectivity index (χ2v) is 2.98. The zero-order chi connectivity index (χ0) is 9.97. The van der Waals surface area contributed by atoms with Crippen LogP contribution in [-0.2, 0) is 14.3 Å². The van der Waals surface area contributed by atoms with Crippen molar-refractivity contribution in [1.29, 1.82) is 0 Å². The lowest BCUT2D eigenvalue weighted by Crippen LogP contribution is -2.12. The summed E-state index contributed by atoms with van der Waals surface area (Å²) in [6, 6.07) is 5.53. The fourth-order valence-corrected chi connectivity index (χ4v) is 1.29. The van der Waals surface area contributed by atoms with Crippen LogP contribution in [0.3, 0.4) is 0 Å². The van der Waals surface area contributed by atoms with Gasteiger partial charge in [0.05, 0.1) is 12.3 Å². The number of hydrogen-bond donors (Lipinski definition) is 0. The second-order valence-electron chi connectivity index (χ2n) is 2.98. The molecule has 74 valence electrons. The largest absolute Gasteiger partial charge is 0.464 e. The minimum Gasteiger partial charge on any atom is -0.464 e.